The standard InChI is InChI=1S/C20H38O7/c1-14(2)20(21)27-13-19(7)26-12-18(6)25-11-17(5)24-10-16(4)23-9-15(3)22-8/h15-19H,1,9-13H2,2-8H3. The lowest BCUT2D eigenvalue weighted by molar-refractivity contribution is -0.144. The first-order valence-electron chi connectivity index (χ1n) is 9.47. The van der Waals surface area contributed by atoms with Crippen LogP contribution in [0.5, 0.6) is 0 Å². The van der Waals surface area contributed by atoms with Crippen LogP contribution in [-0.2, 0) is 33.2 Å². The largest absolute Gasteiger partial charge is 0.460 e. The molecule has 5 unspecified atom stereocenters. The van der Waals surface area contributed by atoms with E-state index in [2.05, 4.69) is 6.58 Å². The molecule has 0 aliphatic heterocycles. The van der Waals surface area contributed by atoms with Gasteiger partial charge in [0.15, 0.2) is 0 Å². The Morgan fingerprint density at radius 2 is 1.04 bits per heavy atom. The number of ether oxygens (including phenoxy) is 6. The van der Waals surface area contributed by atoms with Crippen molar-refractivity contribution in [1.82, 2.24) is 0 Å². The fourth-order valence-electron chi connectivity index (χ4n) is 1.78. The molecule has 0 heterocycles. The van der Waals surface area contributed by atoms with Crippen LogP contribution in [0, 0.1) is 0 Å². The molecule has 0 aliphatic carbocycles. The SMILES string of the molecule is C=C(C)C(=O)OCC(C)OCC(C)OCC(C)OCC(C)OCC(C)OC. The number of carbonyl (C=O) groups is 1. The third-order valence-corrected chi connectivity index (χ3v) is 3.66. The summed E-state index contributed by atoms with van der Waals surface area (Å²) >= 11 is 0. The fourth-order valence-corrected chi connectivity index (χ4v) is 1.78. The number of carbonyl (C=O) groups excluding carboxylic acids is 1. The van der Waals surface area contributed by atoms with Crippen molar-refractivity contribution < 1.29 is 33.2 Å². The van der Waals surface area contributed by atoms with Gasteiger partial charge in [0.2, 0.25) is 0 Å². The number of rotatable bonds is 16. The highest BCUT2D eigenvalue weighted by Gasteiger charge is 2.13. The van der Waals surface area contributed by atoms with Gasteiger partial charge in [-0.2, -0.15) is 0 Å². The summed E-state index contributed by atoms with van der Waals surface area (Å²) in [5.41, 5.74) is 0.376. The third kappa shape index (κ3) is 14.7. The Hall–Kier alpha value is -0.990. The Kier molecular flexibility index (Phi) is 14.4. The first kappa shape index (κ1) is 26.0. The van der Waals surface area contributed by atoms with Crippen molar-refractivity contribution in [3.05, 3.63) is 12.2 Å². The van der Waals surface area contributed by atoms with Gasteiger partial charge in [-0.1, -0.05) is 6.58 Å². The number of esters is 1. The molecule has 0 bridgehead atoms. The minimum Gasteiger partial charge on any atom is -0.460 e. The highest BCUT2D eigenvalue weighted by molar-refractivity contribution is 5.86. The van der Waals surface area contributed by atoms with Gasteiger partial charge in [0.05, 0.1) is 56.9 Å². The van der Waals surface area contributed by atoms with Gasteiger partial charge >= 0.3 is 5.97 Å². The lowest BCUT2D eigenvalue weighted by Crippen LogP contribution is -2.29. The molecule has 0 N–H and O–H groups in total. The molecular formula is C20H38O7. The second-order valence-corrected chi connectivity index (χ2v) is 7.00. The van der Waals surface area contributed by atoms with Gasteiger partial charge in [-0.25, -0.2) is 4.79 Å². The summed E-state index contributed by atoms with van der Waals surface area (Å²) < 4.78 is 32.9. The van der Waals surface area contributed by atoms with E-state index in [1.54, 1.807) is 14.0 Å². The van der Waals surface area contributed by atoms with Crippen molar-refractivity contribution in [3.8, 4) is 0 Å². The molecule has 7 heteroatoms. The first-order chi connectivity index (χ1) is 12.6. The fraction of sp³-hybridized carbons (Fsp3) is 0.850. The second-order valence-electron chi connectivity index (χ2n) is 7.00. The molecule has 0 aromatic carbocycles. The van der Waals surface area contributed by atoms with Crippen molar-refractivity contribution >= 4 is 5.97 Å². The Bertz CT molecular complexity index is 413. The van der Waals surface area contributed by atoms with E-state index in [9.17, 15) is 4.79 Å². The van der Waals surface area contributed by atoms with Crippen molar-refractivity contribution in [2.24, 2.45) is 0 Å². The van der Waals surface area contributed by atoms with E-state index in [-0.39, 0.29) is 37.1 Å². The van der Waals surface area contributed by atoms with E-state index in [0.29, 0.717) is 32.0 Å². The molecule has 160 valence electrons. The summed E-state index contributed by atoms with van der Waals surface area (Å²) in [6.45, 7) is 16.9. The smallest absolute Gasteiger partial charge is 0.333 e. The van der Waals surface area contributed by atoms with Gasteiger partial charge in [0.25, 0.3) is 0 Å². The molecule has 0 saturated carbocycles. The highest BCUT2D eigenvalue weighted by atomic mass is 16.6. The molecule has 0 fully saturated rings. The maximum atomic E-state index is 11.3. The van der Waals surface area contributed by atoms with E-state index in [1.165, 1.54) is 0 Å². The Balaban J connectivity index is 3.79. The van der Waals surface area contributed by atoms with Crippen molar-refractivity contribution in [2.75, 3.05) is 40.1 Å². The molecule has 0 spiro atoms. The minimum absolute atomic E-state index is 0.00595. The van der Waals surface area contributed by atoms with Crippen LogP contribution >= 0.6 is 0 Å². The van der Waals surface area contributed by atoms with Crippen LogP contribution in [0.25, 0.3) is 0 Å². The van der Waals surface area contributed by atoms with Gasteiger partial charge in [0.1, 0.15) is 6.61 Å². The average Bonchev–Trinajstić information content (AvgIpc) is 2.64. The van der Waals surface area contributed by atoms with Crippen LogP contribution in [0.1, 0.15) is 41.5 Å². The molecule has 0 aromatic heterocycles. The van der Waals surface area contributed by atoms with E-state index < -0.39 is 5.97 Å². The third-order valence-electron chi connectivity index (χ3n) is 3.66. The lowest BCUT2D eigenvalue weighted by Gasteiger charge is -2.21. The topological polar surface area (TPSA) is 72.5 Å². The molecule has 5 atom stereocenters. The molecule has 0 saturated heterocycles. The van der Waals surface area contributed by atoms with Crippen LogP contribution in [0.2, 0.25) is 0 Å². The summed E-state index contributed by atoms with van der Waals surface area (Å²) in [6.07, 6.45) is -0.284. The van der Waals surface area contributed by atoms with Gasteiger partial charge in [-0.15, -0.1) is 0 Å². The van der Waals surface area contributed by atoms with Gasteiger partial charge < -0.3 is 28.4 Å². The molecule has 0 aromatic rings. The summed E-state index contributed by atoms with van der Waals surface area (Å²) in [5, 5.41) is 0. The maximum Gasteiger partial charge on any atom is 0.333 e. The average molecular weight is 391 g/mol. The number of methoxy groups -OCH3 is 1. The Morgan fingerprint density at radius 3 is 1.37 bits per heavy atom. The van der Waals surface area contributed by atoms with Crippen LogP contribution in [-0.4, -0.2) is 76.6 Å². The second kappa shape index (κ2) is 15.0. The zero-order chi connectivity index (χ0) is 20.8. The first-order valence-corrected chi connectivity index (χ1v) is 9.47. The summed E-state index contributed by atoms with van der Waals surface area (Å²) in [4.78, 5) is 11.3. The highest BCUT2D eigenvalue weighted by Crippen LogP contribution is 2.03. The normalized spacial score (nSPS) is 17.0. The van der Waals surface area contributed by atoms with Crippen molar-refractivity contribution in [1.29, 1.82) is 0 Å². The lowest BCUT2D eigenvalue weighted by atomic mass is 10.3. The van der Waals surface area contributed by atoms with Crippen LogP contribution in [0.3, 0.4) is 0 Å². The van der Waals surface area contributed by atoms with Crippen molar-refractivity contribution in [3.63, 3.8) is 0 Å². The zero-order valence-electron chi connectivity index (χ0n) is 18.0. The quantitative estimate of drug-likeness (QED) is 0.296. The molecule has 0 amide bonds. The van der Waals surface area contributed by atoms with E-state index in [4.69, 9.17) is 28.4 Å². The number of hydrogen-bond acceptors (Lipinski definition) is 7. The predicted octanol–water partition coefficient (Wildman–Crippen LogP) is 2.76. The van der Waals surface area contributed by atoms with Crippen molar-refractivity contribution in [2.45, 2.75) is 72.1 Å². The number of hydrogen-bond donors (Lipinski definition) is 0. The van der Waals surface area contributed by atoms with Crippen LogP contribution < -0.4 is 0 Å². The Morgan fingerprint density at radius 1 is 0.704 bits per heavy atom. The molecule has 0 aliphatic rings. The van der Waals surface area contributed by atoms with E-state index >= 15 is 0 Å². The van der Waals surface area contributed by atoms with Crippen LogP contribution in [0.4, 0.5) is 0 Å². The van der Waals surface area contributed by atoms with Gasteiger partial charge in [-0.3, -0.25) is 0 Å². The molecule has 7 nitrogen and oxygen atoms in total. The summed E-state index contributed by atoms with van der Waals surface area (Å²) in [6, 6.07) is 0. The Labute approximate surface area is 164 Å². The minimum atomic E-state index is -0.407. The zero-order valence-corrected chi connectivity index (χ0v) is 18.0. The van der Waals surface area contributed by atoms with E-state index in [1.807, 2.05) is 34.6 Å². The maximum absolute atomic E-state index is 11.3. The molecule has 0 rings (SSSR count). The van der Waals surface area contributed by atoms with Gasteiger partial charge in [0, 0.05) is 12.7 Å². The summed E-state index contributed by atoms with van der Waals surface area (Å²) in [5.74, 6) is -0.407. The monoisotopic (exact) mass is 390 g/mol. The van der Waals surface area contributed by atoms with Crippen LogP contribution in [0.15, 0.2) is 12.2 Å². The molecule has 27 heavy (non-hydrogen) atoms. The van der Waals surface area contributed by atoms with Gasteiger partial charge in [-0.05, 0) is 41.5 Å². The van der Waals surface area contributed by atoms with E-state index in [0.717, 1.165) is 0 Å². The summed E-state index contributed by atoms with van der Waals surface area (Å²) in [7, 11) is 1.66. The molecular weight excluding hydrogens is 352 g/mol. The predicted molar refractivity (Wildman–Crippen MR) is 104 cm³/mol. The molecule has 0 radical (unpaired) electrons.